The lowest BCUT2D eigenvalue weighted by molar-refractivity contribution is 0.0628. The minimum atomic E-state index is -3.78. The Kier molecular flexibility index (Phi) is 4.48. The molecular weight excluding hydrogens is 298 g/mol. The molecule has 1 aromatic rings. The number of hydrogen-bond acceptors (Lipinski definition) is 5. The van der Waals surface area contributed by atoms with Crippen LogP contribution in [0.4, 0.5) is 0 Å². The molecule has 2 heterocycles. The molecule has 0 radical (unpaired) electrons. The van der Waals surface area contributed by atoms with Gasteiger partial charge in [-0.1, -0.05) is 0 Å². The fraction of sp³-hybridized carbons (Fsp3) is 0.583. The lowest BCUT2D eigenvalue weighted by atomic mass is 10.0. The van der Waals surface area contributed by atoms with E-state index in [1.807, 2.05) is 0 Å². The van der Waals surface area contributed by atoms with Gasteiger partial charge in [-0.3, -0.25) is 4.79 Å². The van der Waals surface area contributed by atoms with Crippen molar-refractivity contribution in [2.45, 2.75) is 37.1 Å². The molecular formula is C12H19N3O3S2. The molecule has 20 heavy (non-hydrogen) atoms. The van der Waals surface area contributed by atoms with Crippen LogP contribution in [0.15, 0.2) is 11.0 Å². The summed E-state index contributed by atoms with van der Waals surface area (Å²) in [6, 6.07) is 1.41. The number of thiophene rings is 1. The quantitative estimate of drug-likeness (QED) is 0.854. The van der Waals surface area contributed by atoms with Gasteiger partial charge in [-0.25, -0.2) is 13.6 Å². The highest BCUT2D eigenvalue weighted by atomic mass is 32.2. The Morgan fingerprint density at radius 3 is 2.75 bits per heavy atom. The third kappa shape index (κ3) is 3.03. The van der Waals surface area contributed by atoms with E-state index in [4.69, 9.17) is 10.9 Å². The fourth-order valence-electron chi connectivity index (χ4n) is 2.51. The predicted molar refractivity (Wildman–Crippen MR) is 78.2 cm³/mol. The summed E-state index contributed by atoms with van der Waals surface area (Å²) in [4.78, 5) is 15.2. The normalized spacial score (nSPS) is 20.1. The molecule has 112 valence electrons. The summed E-state index contributed by atoms with van der Waals surface area (Å²) < 4.78 is 22.9. The number of piperidine rings is 1. The van der Waals surface area contributed by atoms with Crippen LogP contribution in [0.1, 0.15) is 33.8 Å². The average molecular weight is 317 g/mol. The number of sulfonamides is 1. The maximum absolute atomic E-state index is 12.5. The van der Waals surface area contributed by atoms with Gasteiger partial charge in [-0.15, -0.1) is 11.3 Å². The first-order valence-corrected chi connectivity index (χ1v) is 8.85. The first-order chi connectivity index (χ1) is 9.34. The van der Waals surface area contributed by atoms with E-state index in [1.165, 1.54) is 6.07 Å². The van der Waals surface area contributed by atoms with E-state index in [0.717, 1.165) is 30.6 Å². The number of aryl methyl sites for hydroxylation is 1. The Hall–Kier alpha value is -0.960. The predicted octanol–water partition coefficient (Wildman–Crippen LogP) is 0.657. The van der Waals surface area contributed by atoms with Crippen LogP contribution in [-0.2, 0) is 10.0 Å². The Morgan fingerprint density at radius 2 is 2.20 bits per heavy atom. The van der Waals surface area contributed by atoms with Crippen LogP contribution in [0.2, 0.25) is 0 Å². The van der Waals surface area contributed by atoms with Gasteiger partial charge in [0.05, 0.1) is 9.77 Å². The number of carbonyl (C=O) groups is 1. The summed E-state index contributed by atoms with van der Waals surface area (Å²) >= 11 is 1.16. The number of nitrogens with zero attached hydrogens (tertiary/aromatic N) is 1. The van der Waals surface area contributed by atoms with Crippen LogP contribution in [0.5, 0.6) is 0 Å². The molecule has 1 amide bonds. The number of likely N-dealkylation sites (tertiary alicyclic amines) is 1. The third-order valence-corrected chi connectivity index (χ3v) is 5.75. The second kappa shape index (κ2) is 5.80. The smallest absolute Gasteiger partial charge is 0.264 e. The van der Waals surface area contributed by atoms with Crippen LogP contribution >= 0.6 is 11.3 Å². The monoisotopic (exact) mass is 317 g/mol. The van der Waals surface area contributed by atoms with Crippen molar-refractivity contribution in [3.8, 4) is 0 Å². The van der Waals surface area contributed by atoms with Gasteiger partial charge < -0.3 is 10.6 Å². The molecule has 6 nitrogen and oxygen atoms in total. The molecule has 0 spiro atoms. The molecule has 2 rings (SSSR count). The topological polar surface area (TPSA) is 106 Å². The van der Waals surface area contributed by atoms with Crippen molar-refractivity contribution in [2.24, 2.45) is 10.9 Å². The highest BCUT2D eigenvalue weighted by Gasteiger charge is 2.28. The van der Waals surface area contributed by atoms with Crippen LogP contribution in [0, 0.1) is 6.92 Å². The molecule has 1 aromatic heterocycles. The van der Waals surface area contributed by atoms with Gasteiger partial charge in [0.1, 0.15) is 0 Å². The second-order valence-electron chi connectivity index (χ2n) is 4.96. The van der Waals surface area contributed by atoms with E-state index in [2.05, 4.69) is 0 Å². The molecule has 1 atom stereocenters. The first kappa shape index (κ1) is 15.4. The number of hydrogen-bond donors (Lipinski definition) is 2. The molecule has 0 aliphatic carbocycles. The van der Waals surface area contributed by atoms with E-state index in [9.17, 15) is 13.2 Å². The summed E-state index contributed by atoms with van der Waals surface area (Å²) in [6.45, 7) is 2.75. The largest absolute Gasteiger partial charge is 0.334 e. The summed E-state index contributed by atoms with van der Waals surface area (Å²) in [5, 5.41) is 5.14. The Morgan fingerprint density at radius 1 is 1.50 bits per heavy atom. The minimum Gasteiger partial charge on any atom is -0.334 e. The van der Waals surface area contributed by atoms with Crippen LogP contribution in [-0.4, -0.2) is 38.4 Å². The molecule has 0 saturated carbocycles. The zero-order chi connectivity index (χ0) is 14.9. The van der Waals surface area contributed by atoms with Gasteiger partial charge in [0.25, 0.3) is 5.91 Å². The average Bonchev–Trinajstić information content (AvgIpc) is 2.80. The molecule has 0 unspecified atom stereocenters. The van der Waals surface area contributed by atoms with Crippen LogP contribution in [0.25, 0.3) is 0 Å². The van der Waals surface area contributed by atoms with Gasteiger partial charge in [-0.2, -0.15) is 0 Å². The second-order valence-corrected chi connectivity index (χ2v) is 7.75. The van der Waals surface area contributed by atoms with Gasteiger partial charge >= 0.3 is 0 Å². The van der Waals surface area contributed by atoms with Gasteiger partial charge in [0.15, 0.2) is 0 Å². The highest BCUT2D eigenvalue weighted by molar-refractivity contribution is 7.89. The first-order valence-electron chi connectivity index (χ1n) is 6.49. The van der Waals surface area contributed by atoms with E-state index >= 15 is 0 Å². The number of carbonyl (C=O) groups excluding carboxylic acids is 1. The standard InChI is InChI=1S/C12H19N3O3S2/c1-8-11(20(14,17)18)6-10(19-8)12(16)15-5-3-2-4-9(15)7-13/h6,9H,2-5,7,13H2,1H3,(H2,14,17,18)/t9-/m0/s1. The Balaban J connectivity index is 2.29. The lowest BCUT2D eigenvalue weighted by Gasteiger charge is -2.34. The van der Waals surface area contributed by atoms with Gasteiger partial charge in [-0.05, 0) is 32.3 Å². The number of rotatable bonds is 3. The van der Waals surface area contributed by atoms with Crippen molar-refractivity contribution in [2.75, 3.05) is 13.1 Å². The molecule has 0 aromatic carbocycles. The molecule has 1 saturated heterocycles. The number of amides is 1. The maximum atomic E-state index is 12.5. The van der Waals surface area contributed by atoms with Crippen molar-refractivity contribution in [3.05, 3.63) is 15.8 Å². The van der Waals surface area contributed by atoms with Crippen molar-refractivity contribution < 1.29 is 13.2 Å². The third-order valence-electron chi connectivity index (χ3n) is 3.55. The minimum absolute atomic E-state index is 0.0344. The van der Waals surface area contributed by atoms with Gasteiger partial charge in [0, 0.05) is 24.0 Å². The van der Waals surface area contributed by atoms with Crippen molar-refractivity contribution >= 4 is 27.3 Å². The van der Waals surface area contributed by atoms with Crippen LogP contribution < -0.4 is 10.9 Å². The molecule has 1 aliphatic rings. The highest BCUT2D eigenvalue weighted by Crippen LogP contribution is 2.28. The maximum Gasteiger partial charge on any atom is 0.264 e. The summed E-state index contributed by atoms with van der Waals surface area (Å²) in [6.07, 6.45) is 2.92. The fourth-order valence-corrected chi connectivity index (χ4v) is 4.61. The number of nitrogens with two attached hydrogens (primary N) is 2. The van der Waals surface area contributed by atoms with Crippen molar-refractivity contribution in [3.63, 3.8) is 0 Å². The molecule has 1 aliphatic heterocycles. The van der Waals surface area contributed by atoms with Crippen molar-refractivity contribution in [1.29, 1.82) is 0 Å². The summed E-state index contributed by atoms with van der Waals surface area (Å²) in [5.41, 5.74) is 5.71. The van der Waals surface area contributed by atoms with E-state index < -0.39 is 10.0 Å². The van der Waals surface area contributed by atoms with Crippen molar-refractivity contribution in [1.82, 2.24) is 4.90 Å². The molecule has 4 N–H and O–H groups in total. The summed E-state index contributed by atoms with van der Waals surface area (Å²) in [7, 11) is -3.78. The van der Waals surface area contributed by atoms with E-state index in [-0.39, 0.29) is 16.8 Å². The lowest BCUT2D eigenvalue weighted by Crippen LogP contribution is -2.47. The van der Waals surface area contributed by atoms with Gasteiger partial charge in [0.2, 0.25) is 10.0 Å². The zero-order valence-electron chi connectivity index (χ0n) is 11.3. The Labute approximate surface area is 122 Å². The number of primary sulfonamides is 1. The molecule has 1 fully saturated rings. The van der Waals surface area contributed by atoms with E-state index in [0.29, 0.717) is 22.8 Å². The molecule has 0 bridgehead atoms. The molecule has 8 heteroatoms. The zero-order valence-corrected chi connectivity index (χ0v) is 13.0. The summed E-state index contributed by atoms with van der Waals surface area (Å²) in [5.74, 6) is -0.150. The van der Waals surface area contributed by atoms with E-state index in [1.54, 1.807) is 11.8 Å². The van der Waals surface area contributed by atoms with Crippen LogP contribution in [0.3, 0.4) is 0 Å². The Bertz CT molecular complexity index is 609. The SMILES string of the molecule is Cc1sc(C(=O)N2CCCC[C@H]2CN)cc1S(N)(=O)=O.